The van der Waals surface area contributed by atoms with Crippen molar-refractivity contribution in [3.63, 3.8) is 0 Å². The molecule has 2 aromatic carbocycles. The highest BCUT2D eigenvalue weighted by Crippen LogP contribution is 2.18. The number of carbonyl (C=O) groups excluding carboxylic acids is 1. The summed E-state index contributed by atoms with van der Waals surface area (Å²) in [6, 6.07) is 13.4. The Hall–Kier alpha value is -3.48. The van der Waals surface area contributed by atoms with Crippen LogP contribution in [-0.4, -0.2) is 10.6 Å². The third-order valence-corrected chi connectivity index (χ3v) is 3.85. The Morgan fingerprint density at radius 2 is 1.70 bits per heavy atom. The van der Waals surface area contributed by atoms with E-state index in [4.69, 9.17) is 4.84 Å². The number of aromatic nitrogens is 1. The number of nitrogens with zero attached hydrogens (tertiary/aromatic N) is 1. The standard InChI is InChI=1S/C20H16F2N2O3/c1-13-7-9-14(10-8-13)12-27-24-11-3-4-15(20(24)26)19(25)23-18-16(21)5-2-6-17(18)22/h2-11H,12H2,1H3,(H,23,25). The molecule has 0 fully saturated rings. The molecule has 5 nitrogen and oxygen atoms in total. The van der Waals surface area contributed by atoms with Crippen LogP contribution in [0.2, 0.25) is 0 Å². The highest BCUT2D eigenvalue weighted by atomic mass is 19.1. The summed E-state index contributed by atoms with van der Waals surface area (Å²) in [5.41, 5.74) is 0.284. The monoisotopic (exact) mass is 370 g/mol. The molecule has 1 heterocycles. The van der Waals surface area contributed by atoms with Crippen LogP contribution in [0.15, 0.2) is 65.6 Å². The lowest BCUT2D eigenvalue weighted by Gasteiger charge is -2.11. The third-order valence-electron chi connectivity index (χ3n) is 3.85. The van der Waals surface area contributed by atoms with Gasteiger partial charge in [-0.15, -0.1) is 0 Å². The summed E-state index contributed by atoms with van der Waals surface area (Å²) in [5, 5.41) is 2.09. The number of anilines is 1. The lowest BCUT2D eigenvalue weighted by atomic mass is 10.2. The van der Waals surface area contributed by atoms with Gasteiger partial charge in [-0.2, -0.15) is 4.73 Å². The Morgan fingerprint density at radius 3 is 2.37 bits per heavy atom. The van der Waals surface area contributed by atoms with Crippen LogP contribution in [0.5, 0.6) is 0 Å². The number of carbonyl (C=O) groups is 1. The number of rotatable bonds is 5. The molecule has 1 N–H and O–H groups in total. The number of hydrogen-bond donors (Lipinski definition) is 1. The van der Waals surface area contributed by atoms with E-state index in [-0.39, 0.29) is 12.2 Å². The molecule has 0 unspecified atom stereocenters. The van der Waals surface area contributed by atoms with Gasteiger partial charge < -0.3 is 10.2 Å². The maximum Gasteiger partial charge on any atom is 0.295 e. The van der Waals surface area contributed by atoms with Crippen LogP contribution in [0.4, 0.5) is 14.5 Å². The number of nitrogens with one attached hydrogen (secondary N) is 1. The fourth-order valence-electron chi connectivity index (χ4n) is 2.38. The van der Waals surface area contributed by atoms with Crippen LogP contribution in [0.3, 0.4) is 0 Å². The van der Waals surface area contributed by atoms with Gasteiger partial charge in [0.1, 0.15) is 29.5 Å². The Bertz CT molecular complexity index is 1010. The maximum absolute atomic E-state index is 13.7. The zero-order valence-electron chi connectivity index (χ0n) is 14.4. The van der Waals surface area contributed by atoms with Crippen molar-refractivity contribution in [1.82, 2.24) is 4.73 Å². The highest BCUT2D eigenvalue weighted by Gasteiger charge is 2.17. The van der Waals surface area contributed by atoms with E-state index in [1.54, 1.807) is 0 Å². The van der Waals surface area contributed by atoms with Gasteiger partial charge in [0.15, 0.2) is 0 Å². The third kappa shape index (κ3) is 4.20. The number of para-hydroxylation sites is 1. The summed E-state index contributed by atoms with van der Waals surface area (Å²) in [7, 11) is 0. The van der Waals surface area contributed by atoms with Crippen molar-refractivity contribution >= 4 is 11.6 Å². The second-order valence-electron chi connectivity index (χ2n) is 5.86. The average molecular weight is 370 g/mol. The van der Waals surface area contributed by atoms with Crippen molar-refractivity contribution in [3.8, 4) is 0 Å². The Kier molecular flexibility index (Phi) is 5.30. The van der Waals surface area contributed by atoms with Gasteiger partial charge >= 0.3 is 0 Å². The first-order valence-corrected chi connectivity index (χ1v) is 8.11. The van der Waals surface area contributed by atoms with E-state index in [9.17, 15) is 18.4 Å². The molecule has 1 aromatic heterocycles. The number of benzene rings is 2. The predicted octanol–water partition coefficient (Wildman–Crippen LogP) is 3.32. The lowest BCUT2D eigenvalue weighted by molar-refractivity contribution is 0.0863. The van der Waals surface area contributed by atoms with Gasteiger partial charge in [-0.1, -0.05) is 35.9 Å². The van der Waals surface area contributed by atoms with Gasteiger partial charge in [-0.05, 0) is 36.8 Å². The first-order chi connectivity index (χ1) is 13.0. The minimum absolute atomic E-state index is 0.118. The summed E-state index contributed by atoms with van der Waals surface area (Å²) >= 11 is 0. The number of aryl methyl sites for hydroxylation is 1. The molecule has 0 saturated carbocycles. The molecule has 1 amide bonds. The highest BCUT2D eigenvalue weighted by molar-refractivity contribution is 6.04. The number of hydrogen-bond acceptors (Lipinski definition) is 3. The fourth-order valence-corrected chi connectivity index (χ4v) is 2.38. The second-order valence-corrected chi connectivity index (χ2v) is 5.86. The molecule has 0 spiro atoms. The molecule has 7 heteroatoms. The summed E-state index contributed by atoms with van der Waals surface area (Å²) in [6.07, 6.45) is 1.36. The van der Waals surface area contributed by atoms with Gasteiger partial charge in [0.25, 0.3) is 11.5 Å². The number of amides is 1. The molecule has 3 rings (SSSR count). The minimum Gasteiger partial charge on any atom is -0.406 e. The van der Waals surface area contributed by atoms with Crippen molar-refractivity contribution in [1.29, 1.82) is 0 Å². The van der Waals surface area contributed by atoms with Crippen molar-refractivity contribution in [2.24, 2.45) is 0 Å². The Labute approximate surface area is 153 Å². The first kappa shape index (κ1) is 18.3. The van der Waals surface area contributed by atoms with Gasteiger partial charge in [0, 0.05) is 6.20 Å². The van der Waals surface area contributed by atoms with Crippen LogP contribution < -0.4 is 15.7 Å². The molecule has 0 radical (unpaired) electrons. The average Bonchev–Trinajstić information content (AvgIpc) is 2.65. The van der Waals surface area contributed by atoms with Gasteiger partial charge in [-0.25, -0.2) is 8.78 Å². The van der Waals surface area contributed by atoms with E-state index in [1.165, 1.54) is 24.4 Å². The smallest absolute Gasteiger partial charge is 0.295 e. The molecule has 3 aromatic rings. The van der Waals surface area contributed by atoms with Gasteiger partial charge in [0.05, 0.1) is 0 Å². The molecule has 0 saturated heterocycles. The van der Waals surface area contributed by atoms with Gasteiger partial charge in [0.2, 0.25) is 0 Å². The van der Waals surface area contributed by atoms with E-state index < -0.39 is 28.8 Å². The first-order valence-electron chi connectivity index (χ1n) is 8.11. The van der Waals surface area contributed by atoms with E-state index in [2.05, 4.69) is 5.32 Å². The quantitative estimate of drug-likeness (QED) is 0.750. The van der Waals surface area contributed by atoms with Crippen LogP contribution in [0.25, 0.3) is 0 Å². The van der Waals surface area contributed by atoms with E-state index >= 15 is 0 Å². The number of halogens is 2. The topological polar surface area (TPSA) is 60.3 Å². The van der Waals surface area contributed by atoms with Crippen LogP contribution >= 0.6 is 0 Å². The molecular formula is C20H16F2N2O3. The maximum atomic E-state index is 13.7. The lowest BCUT2D eigenvalue weighted by Crippen LogP contribution is -2.32. The van der Waals surface area contributed by atoms with E-state index in [0.29, 0.717) is 0 Å². The SMILES string of the molecule is Cc1ccc(COn2cccc(C(=O)Nc3c(F)cccc3F)c2=O)cc1. The zero-order valence-corrected chi connectivity index (χ0v) is 14.4. The van der Waals surface area contributed by atoms with Crippen molar-refractivity contribution in [2.45, 2.75) is 13.5 Å². The molecule has 0 aliphatic rings. The molecule has 0 aliphatic heterocycles. The van der Waals surface area contributed by atoms with E-state index in [1.807, 2.05) is 31.2 Å². The fraction of sp³-hybridized carbons (Fsp3) is 0.100. The van der Waals surface area contributed by atoms with Gasteiger partial charge in [-0.3, -0.25) is 9.59 Å². The summed E-state index contributed by atoms with van der Waals surface area (Å²) in [6.45, 7) is 2.07. The van der Waals surface area contributed by atoms with Crippen LogP contribution in [0, 0.1) is 18.6 Å². The zero-order chi connectivity index (χ0) is 19.4. The van der Waals surface area contributed by atoms with E-state index in [0.717, 1.165) is 28.0 Å². The Morgan fingerprint density at radius 1 is 1.04 bits per heavy atom. The molecule has 0 bridgehead atoms. The second kappa shape index (κ2) is 7.82. The molecule has 138 valence electrons. The van der Waals surface area contributed by atoms with Crippen molar-refractivity contribution in [2.75, 3.05) is 5.32 Å². The van der Waals surface area contributed by atoms with Crippen LogP contribution in [0.1, 0.15) is 21.5 Å². The van der Waals surface area contributed by atoms with Crippen molar-refractivity contribution in [3.05, 3.63) is 99.5 Å². The van der Waals surface area contributed by atoms with Crippen molar-refractivity contribution < 1.29 is 18.4 Å². The Balaban J connectivity index is 1.79. The molecule has 0 aliphatic carbocycles. The molecule has 27 heavy (non-hydrogen) atoms. The minimum atomic E-state index is -0.935. The molecule has 0 atom stereocenters. The predicted molar refractivity (Wildman–Crippen MR) is 96.5 cm³/mol. The normalized spacial score (nSPS) is 10.5. The molecular weight excluding hydrogens is 354 g/mol. The van der Waals surface area contributed by atoms with Crippen LogP contribution in [-0.2, 0) is 6.61 Å². The summed E-state index contributed by atoms with van der Waals surface area (Å²) in [4.78, 5) is 30.2. The largest absolute Gasteiger partial charge is 0.406 e. The summed E-state index contributed by atoms with van der Waals surface area (Å²) in [5.74, 6) is -2.80. The summed E-state index contributed by atoms with van der Waals surface area (Å²) < 4.78 is 28.3. The number of pyridine rings is 1.